The molecule has 0 radical (unpaired) electrons. The minimum Gasteiger partial charge on any atom is -0.393 e. The van der Waals surface area contributed by atoms with E-state index in [1.807, 2.05) is 0 Å². The SMILES string of the molecule is CN(CC1CCC1)CC(C(N)=S)C(F)(F)F. The van der Waals surface area contributed by atoms with E-state index in [2.05, 4.69) is 12.2 Å². The van der Waals surface area contributed by atoms with Gasteiger partial charge in [-0.25, -0.2) is 0 Å². The summed E-state index contributed by atoms with van der Waals surface area (Å²) in [5.74, 6) is -1.14. The smallest absolute Gasteiger partial charge is 0.393 e. The van der Waals surface area contributed by atoms with E-state index >= 15 is 0 Å². The summed E-state index contributed by atoms with van der Waals surface area (Å²) < 4.78 is 37.7. The summed E-state index contributed by atoms with van der Waals surface area (Å²) in [6.45, 7) is 0.574. The zero-order valence-corrected chi connectivity index (χ0v) is 10.1. The maximum absolute atomic E-state index is 12.6. The molecule has 0 aromatic carbocycles. The van der Waals surface area contributed by atoms with Crippen molar-refractivity contribution in [2.24, 2.45) is 17.6 Å². The number of alkyl halides is 3. The molecule has 94 valence electrons. The van der Waals surface area contributed by atoms with Crippen molar-refractivity contribution < 1.29 is 13.2 Å². The van der Waals surface area contributed by atoms with Crippen molar-refractivity contribution in [2.45, 2.75) is 25.4 Å². The average Bonchev–Trinajstić information content (AvgIpc) is 2.05. The van der Waals surface area contributed by atoms with Crippen LogP contribution in [0, 0.1) is 11.8 Å². The molecule has 0 heterocycles. The minimum atomic E-state index is -4.33. The molecule has 0 aliphatic heterocycles. The Bertz CT molecular complexity index is 251. The van der Waals surface area contributed by atoms with Crippen LogP contribution in [0.3, 0.4) is 0 Å². The van der Waals surface area contributed by atoms with Crippen molar-refractivity contribution in [3.05, 3.63) is 0 Å². The van der Waals surface area contributed by atoms with E-state index in [4.69, 9.17) is 5.73 Å². The Balaban J connectivity index is 2.44. The third kappa shape index (κ3) is 3.90. The van der Waals surface area contributed by atoms with Crippen LogP contribution in [0.5, 0.6) is 0 Å². The maximum atomic E-state index is 12.6. The van der Waals surface area contributed by atoms with Gasteiger partial charge in [0.05, 0.1) is 4.99 Å². The summed E-state index contributed by atoms with van der Waals surface area (Å²) in [6.07, 6.45) is -0.904. The normalized spacial score (nSPS) is 19.6. The maximum Gasteiger partial charge on any atom is 0.399 e. The molecule has 2 N–H and O–H groups in total. The molecular formula is C10H17F3N2S. The lowest BCUT2D eigenvalue weighted by Crippen LogP contribution is -2.44. The highest BCUT2D eigenvalue weighted by atomic mass is 32.1. The predicted octanol–water partition coefficient (Wildman–Crippen LogP) is 2.18. The molecule has 2 nitrogen and oxygen atoms in total. The van der Waals surface area contributed by atoms with Crippen molar-refractivity contribution in [3.63, 3.8) is 0 Å². The first-order valence-corrected chi connectivity index (χ1v) is 5.76. The van der Waals surface area contributed by atoms with Crippen LogP contribution in [0.4, 0.5) is 13.2 Å². The van der Waals surface area contributed by atoms with E-state index in [-0.39, 0.29) is 6.54 Å². The summed E-state index contributed by atoms with van der Waals surface area (Å²) in [4.78, 5) is 1.22. The van der Waals surface area contributed by atoms with Gasteiger partial charge in [0, 0.05) is 13.1 Å². The zero-order chi connectivity index (χ0) is 12.3. The van der Waals surface area contributed by atoms with Gasteiger partial charge in [-0.15, -0.1) is 0 Å². The lowest BCUT2D eigenvalue weighted by atomic mass is 9.85. The van der Waals surface area contributed by atoms with Crippen LogP contribution in [-0.2, 0) is 0 Å². The number of halogens is 3. The molecule has 0 saturated heterocycles. The highest BCUT2D eigenvalue weighted by Crippen LogP contribution is 2.30. The number of hydrogen-bond acceptors (Lipinski definition) is 2. The first-order chi connectivity index (χ1) is 7.30. The molecule has 1 aliphatic rings. The van der Waals surface area contributed by atoms with Crippen LogP contribution >= 0.6 is 12.2 Å². The third-order valence-electron chi connectivity index (χ3n) is 3.03. The van der Waals surface area contributed by atoms with E-state index in [1.54, 1.807) is 11.9 Å². The molecule has 0 bridgehead atoms. The summed E-state index contributed by atoms with van der Waals surface area (Å²) in [7, 11) is 1.69. The van der Waals surface area contributed by atoms with Crippen LogP contribution in [-0.4, -0.2) is 36.2 Å². The second-order valence-corrected chi connectivity index (χ2v) is 4.99. The lowest BCUT2D eigenvalue weighted by Gasteiger charge is -2.32. The standard InChI is InChI=1S/C10H17F3N2S/c1-15(5-7-3-2-4-7)6-8(9(14)16)10(11,12)13/h7-8H,2-6H2,1H3,(H2,14,16). The third-order valence-corrected chi connectivity index (χ3v) is 3.31. The molecule has 0 aromatic rings. The van der Waals surface area contributed by atoms with E-state index in [9.17, 15) is 13.2 Å². The summed E-state index contributed by atoms with van der Waals surface area (Å²) in [6, 6.07) is 0. The topological polar surface area (TPSA) is 29.3 Å². The predicted molar refractivity (Wildman–Crippen MR) is 61.2 cm³/mol. The van der Waals surface area contributed by atoms with Crippen LogP contribution in [0.1, 0.15) is 19.3 Å². The minimum absolute atomic E-state index is 0.130. The quantitative estimate of drug-likeness (QED) is 0.763. The Hall–Kier alpha value is -0.360. The van der Waals surface area contributed by atoms with Gasteiger partial charge < -0.3 is 10.6 Å². The summed E-state index contributed by atoms with van der Waals surface area (Å²) in [5, 5.41) is 0. The van der Waals surface area contributed by atoms with Gasteiger partial charge in [-0.3, -0.25) is 0 Å². The summed E-state index contributed by atoms with van der Waals surface area (Å²) >= 11 is 4.47. The number of rotatable bonds is 5. The Morgan fingerprint density at radius 1 is 1.50 bits per heavy atom. The second-order valence-electron chi connectivity index (χ2n) is 4.51. The highest BCUT2D eigenvalue weighted by Gasteiger charge is 2.42. The van der Waals surface area contributed by atoms with Gasteiger partial charge in [-0.2, -0.15) is 13.2 Å². The van der Waals surface area contributed by atoms with Crippen LogP contribution in [0.15, 0.2) is 0 Å². The first-order valence-electron chi connectivity index (χ1n) is 5.35. The molecule has 6 heteroatoms. The fraction of sp³-hybridized carbons (Fsp3) is 0.900. The van der Waals surface area contributed by atoms with Crippen molar-refractivity contribution in [1.82, 2.24) is 4.90 Å². The zero-order valence-electron chi connectivity index (χ0n) is 9.26. The van der Waals surface area contributed by atoms with Crippen molar-refractivity contribution in [2.75, 3.05) is 20.1 Å². The van der Waals surface area contributed by atoms with Gasteiger partial charge in [0.2, 0.25) is 0 Å². The van der Waals surface area contributed by atoms with Crippen LogP contribution < -0.4 is 5.73 Å². The van der Waals surface area contributed by atoms with Gasteiger partial charge in [0.1, 0.15) is 5.92 Å². The van der Waals surface area contributed by atoms with Crippen LogP contribution in [0.25, 0.3) is 0 Å². The van der Waals surface area contributed by atoms with Gasteiger partial charge in [-0.05, 0) is 25.8 Å². The molecule has 0 amide bonds. The monoisotopic (exact) mass is 254 g/mol. The number of hydrogen-bond donors (Lipinski definition) is 1. The second kappa shape index (κ2) is 5.31. The Morgan fingerprint density at radius 3 is 2.38 bits per heavy atom. The highest BCUT2D eigenvalue weighted by molar-refractivity contribution is 7.80. The number of nitrogens with two attached hydrogens (primary N) is 1. The van der Waals surface area contributed by atoms with Crippen LogP contribution in [0.2, 0.25) is 0 Å². The van der Waals surface area contributed by atoms with E-state index in [0.717, 1.165) is 12.8 Å². The Kier molecular flexibility index (Phi) is 4.55. The molecule has 1 saturated carbocycles. The molecule has 16 heavy (non-hydrogen) atoms. The fourth-order valence-electron chi connectivity index (χ4n) is 1.86. The van der Waals surface area contributed by atoms with Gasteiger partial charge >= 0.3 is 6.18 Å². The molecular weight excluding hydrogens is 237 g/mol. The van der Waals surface area contributed by atoms with E-state index in [1.165, 1.54) is 6.42 Å². The molecule has 1 aliphatic carbocycles. The Labute approximate surface area is 99.0 Å². The molecule has 0 aromatic heterocycles. The average molecular weight is 254 g/mol. The largest absolute Gasteiger partial charge is 0.399 e. The van der Waals surface area contributed by atoms with E-state index in [0.29, 0.717) is 12.5 Å². The fourth-order valence-corrected chi connectivity index (χ4v) is 2.07. The Morgan fingerprint density at radius 2 is 2.06 bits per heavy atom. The molecule has 1 atom stereocenters. The van der Waals surface area contributed by atoms with Gasteiger partial charge in [-0.1, -0.05) is 18.6 Å². The molecule has 1 fully saturated rings. The number of nitrogens with zero attached hydrogens (tertiary/aromatic N) is 1. The van der Waals surface area contributed by atoms with Crippen molar-refractivity contribution in [1.29, 1.82) is 0 Å². The molecule has 0 spiro atoms. The number of thiocarbonyl (C=S) groups is 1. The molecule has 1 unspecified atom stereocenters. The van der Waals surface area contributed by atoms with Gasteiger partial charge in [0.15, 0.2) is 0 Å². The van der Waals surface area contributed by atoms with Crippen molar-refractivity contribution >= 4 is 17.2 Å². The van der Waals surface area contributed by atoms with Crippen molar-refractivity contribution in [3.8, 4) is 0 Å². The summed E-state index contributed by atoms with van der Waals surface area (Å²) in [5.41, 5.74) is 5.13. The first kappa shape index (κ1) is 13.7. The lowest BCUT2D eigenvalue weighted by molar-refractivity contribution is -0.159. The van der Waals surface area contributed by atoms with E-state index < -0.39 is 17.1 Å². The molecule has 1 rings (SSSR count). The van der Waals surface area contributed by atoms with Gasteiger partial charge in [0.25, 0.3) is 0 Å².